The lowest BCUT2D eigenvalue weighted by Gasteiger charge is -2.27. The summed E-state index contributed by atoms with van der Waals surface area (Å²) in [4.78, 5) is 33.6. The Morgan fingerprint density at radius 1 is 1.40 bits per heavy atom. The van der Waals surface area contributed by atoms with Crippen LogP contribution in [-0.4, -0.2) is 59.8 Å². The van der Waals surface area contributed by atoms with E-state index in [4.69, 9.17) is 15.6 Å². The second-order valence-electron chi connectivity index (χ2n) is 4.50. The highest BCUT2D eigenvalue weighted by molar-refractivity contribution is 8.01. The molecule has 0 spiro atoms. The van der Waals surface area contributed by atoms with Gasteiger partial charge in [0, 0.05) is 18.4 Å². The fourth-order valence-corrected chi connectivity index (χ4v) is 1.97. The molecule has 1 atom stereocenters. The van der Waals surface area contributed by atoms with E-state index < -0.39 is 28.7 Å². The number of urea groups is 1. The van der Waals surface area contributed by atoms with Crippen molar-refractivity contribution >= 4 is 29.7 Å². The first kappa shape index (κ1) is 18.7. The number of aliphatic carboxylic acids is 1. The van der Waals surface area contributed by atoms with E-state index >= 15 is 0 Å². The monoisotopic (exact) mass is 307 g/mol. The fraction of sp³-hybridized carbons (Fsp3) is 0.727. The zero-order valence-electron chi connectivity index (χ0n) is 11.8. The quantitative estimate of drug-likeness (QED) is 0.440. The molecule has 20 heavy (non-hydrogen) atoms. The average Bonchev–Trinajstić information content (AvgIpc) is 2.35. The van der Waals surface area contributed by atoms with Gasteiger partial charge in [0.2, 0.25) is 5.91 Å². The van der Waals surface area contributed by atoms with Gasteiger partial charge in [-0.25, -0.2) is 4.79 Å². The number of carboxylic acids is 1. The molecule has 0 aromatic rings. The minimum absolute atomic E-state index is 0.0638. The van der Waals surface area contributed by atoms with E-state index in [1.54, 1.807) is 13.8 Å². The van der Waals surface area contributed by atoms with Crippen LogP contribution in [0.4, 0.5) is 4.79 Å². The van der Waals surface area contributed by atoms with Crippen molar-refractivity contribution in [3.63, 3.8) is 0 Å². The van der Waals surface area contributed by atoms with Crippen molar-refractivity contribution in [2.75, 3.05) is 26.0 Å². The molecule has 0 rings (SSSR count). The highest BCUT2D eigenvalue weighted by atomic mass is 32.2. The Kier molecular flexibility index (Phi) is 8.19. The van der Waals surface area contributed by atoms with Crippen LogP contribution >= 0.6 is 11.8 Å². The molecule has 0 heterocycles. The van der Waals surface area contributed by atoms with E-state index in [1.165, 1.54) is 7.11 Å². The molecular weight excluding hydrogens is 286 g/mol. The maximum Gasteiger partial charge on any atom is 0.321 e. The van der Waals surface area contributed by atoms with E-state index in [2.05, 4.69) is 10.6 Å². The number of hydrogen-bond acceptors (Lipinski definition) is 6. The number of hydrogen-bond donors (Lipinski definition) is 4. The topological polar surface area (TPSA) is 131 Å². The molecule has 0 unspecified atom stereocenters. The average molecular weight is 307 g/mol. The summed E-state index contributed by atoms with van der Waals surface area (Å²) in [5.74, 6) is -1.72. The van der Waals surface area contributed by atoms with E-state index in [0.717, 1.165) is 11.8 Å². The third-order valence-electron chi connectivity index (χ3n) is 2.43. The molecule has 0 aliphatic rings. The second-order valence-corrected chi connectivity index (χ2v) is 6.13. The number of ether oxygens (including phenoxy) is 1. The van der Waals surface area contributed by atoms with Crippen LogP contribution in [0.3, 0.4) is 0 Å². The van der Waals surface area contributed by atoms with Gasteiger partial charge in [-0.1, -0.05) is 0 Å². The smallest absolute Gasteiger partial charge is 0.321 e. The predicted octanol–water partition coefficient (Wildman–Crippen LogP) is -0.618. The number of carbonyl (C=O) groups is 3. The van der Waals surface area contributed by atoms with Crippen molar-refractivity contribution in [3.05, 3.63) is 0 Å². The number of rotatable bonds is 8. The summed E-state index contributed by atoms with van der Waals surface area (Å²) in [6.07, 6.45) is 0. The van der Waals surface area contributed by atoms with Crippen LogP contribution in [0.2, 0.25) is 0 Å². The van der Waals surface area contributed by atoms with Crippen LogP contribution < -0.4 is 16.4 Å². The Morgan fingerprint density at radius 3 is 2.50 bits per heavy atom. The summed E-state index contributed by atoms with van der Waals surface area (Å²) in [5, 5.41) is 13.4. The van der Waals surface area contributed by atoms with Crippen LogP contribution in [0.15, 0.2) is 0 Å². The van der Waals surface area contributed by atoms with Crippen molar-refractivity contribution in [3.8, 4) is 0 Å². The minimum Gasteiger partial charge on any atom is -0.480 e. The molecule has 8 nitrogen and oxygen atoms in total. The van der Waals surface area contributed by atoms with Crippen LogP contribution in [0.5, 0.6) is 0 Å². The molecular formula is C11H21N3O5S. The largest absolute Gasteiger partial charge is 0.480 e. The normalized spacial score (nSPS) is 12.6. The Labute approximate surface area is 121 Å². The summed E-state index contributed by atoms with van der Waals surface area (Å²) in [6, 6.07) is -1.72. The van der Waals surface area contributed by atoms with Gasteiger partial charge in [0.1, 0.15) is 6.04 Å². The van der Waals surface area contributed by atoms with Crippen molar-refractivity contribution < 1.29 is 24.2 Å². The number of methoxy groups -OCH3 is 1. The molecule has 5 N–H and O–H groups in total. The van der Waals surface area contributed by atoms with Gasteiger partial charge in [0.15, 0.2) is 0 Å². The van der Waals surface area contributed by atoms with Crippen LogP contribution in [0.1, 0.15) is 13.8 Å². The van der Waals surface area contributed by atoms with Gasteiger partial charge < -0.3 is 20.9 Å². The van der Waals surface area contributed by atoms with Crippen LogP contribution in [0, 0.1) is 0 Å². The summed E-state index contributed by atoms with van der Waals surface area (Å²) < 4.78 is 3.91. The summed E-state index contributed by atoms with van der Waals surface area (Å²) in [6.45, 7) is 3.89. The van der Waals surface area contributed by atoms with Gasteiger partial charge in [-0.2, -0.15) is 0 Å². The Hall–Kier alpha value is -1.32. The van der Waals surface area contributed by atoms with Crippen molar-refractivity contribution in [1.82, 2.24) is 10.6 Å². The predicted molar refractivity (Wildman–Crippen MR) is 75.6 cm³/mol. The Balaban J connectivity index is 4.10. The zero-order chi connectivity index (χ0) is 15.8. The minimum atomic E-state index is -1.14. The van der Waals surface area contributed by atoms with Crippen molar-refractivity contribution in [2.45, 2.75) is 24.6 Å². The molecule has 0 fully saturated rings. The molecule has 0 aliphatic carbocycles. The lowest BCUT2D eigenvalue weighted by molar-refractivity contribution is -0.139. The van der Waals surface area contributed by atoms with Gasteiger partial charge in [0.05, 0.1) is 12.4 Å². The summed E-state index contributed by atoms with van der Waals surface area (Å²) in [5.41, 5.74) is 5.52. The van der Waals surface area contributed by atoms with E-state index in [9.17, 15) is 14.4 Å². The molecule has 9 heteroatoms. The number of nitrogens with one attached hydrogen (secondary N) is 2. The third kappa shape index (κ3) is 7.31. The number of thioether (sulfide) groups is 1. The number of carbonyl (C=O) groups excluding carboxylic acids is 2. The highest BCUT2D eigenvalue weighted by Gasteiger charge is 2.33. The maximum atomic E-state index is 11.5. The van der Waals surface area contributed by atoms with Crippen LogP contribution in [0.25, 0.3) is 0 Å². The first-order chi connectivity index (χ1) is 9.20. The maximum absolute atomic E-state index is 11.5. The fourth-order valence-electron chi connectivity index (χ4n) is 1.11. The molecule has 116 valence electrons. The first-order valence-corrected chi connectivity index (χ1v) is 6.88. The molecule has 0 bridgehead atoms. The second kappa shape index (κ2) is 8.77. The molecule has 0 aliphatic heterocycles. The Morgan fingerprint density at radius 2 is 2.00 bits per heavy atom. The number of nitrogens with two attached hydrogens (primary N) is 1. The van der Waals surface area contributed by atoms with Crippen molar-refractivity contribution in [2.24, 2.45) is 5.73 Å². The molecule has 0 aromatic carbocycles. The number of amides is 3. The van der Waals surface area contributed by atoms with Gasteiger partial charge >= 0.3 is 12.0 Å². The van der Waals surface area contributed by atoms with Gasteiger partial charge in [-0.3, -0.25) is 14.9 Å². The van der Waals surface area contributed by atoms with Gasteiger partial charge in [0.25, 0.3) is 0 Å². The summed E-state index contributed by atoms with van der Waals surface area (Å²) >= 11 is 1.07. The Bertz CT molecular complexity index is 362. The molecule has 0 aromatic heterocycles. The summed E-state index contributed by atoms with van der Waals surface area (Å²) in [7, 11) is 1.50. The SMILES string of the molecule is COCCNC(=O)NC(=O)CSC(C)(C)[C@H](N)C(=O)O. The standard InChI is InChI=1S/C11H21N3O5S/c1-11(2,8(12)9(16)17)20-6-7(15)14-10(18)13-4-5-19-3/h8H,4-6,12H2,1-3H3,(H,16,17)(H2,13,14,15,18)/t8-/m1/s1. The van der Waals surface area contributed by atoms with Gasteiger partial charge in [-0.15, -0.1) is 11.8 Å². The van der Waals surface area contributed by atoms with E-state index in [0.29, 0.717) is 6.61 Å². The number of carboxylic acid groups (broad SMARTS) is 1. The van der Waals surface area contributed by atoms with Gasteiger partial charge in [-0.05, 0) is 13.8 Å². The lowest BCUT2D eigenvalue weighted by Crippen LogP contribution is -2.48. The molecule has 0 saturated carbocycles. The molecule has 0 radical (unpaired) electrons. The molecule has 0 saturated heterocycles. The lowest BCUT2D eigenvalue weighted by atomic mass is 10.1. The molecule has 3 amide bonds. The van der Waals surface area contributed by atoms with Crippen molar-refractivity contribution in [1.29, 1.82) is 0 Å². The van der Waals surface area contributed by atoms with E-state index in [-0.39, 0.29) is 12.3 Å². The first-order valence-electron chi connectivity index (χ1n) is 5.89. The zero-order valence-corrected chi connectivity index (χ0v) is 12.6. The third-order valence-corrected chi connectivity index (χ3v) is 3.84. The van der Waals surface area contributed by atoms with E-state index in [1.807, 2.05) is 0 Å². The highest BCUT2D eigenvalue weighted by Crippen LogP contribution is 2.27. The number of imide groups is 1. The van der Waals surface area contributed by atoms with Crippen LogP contribution in [-0.2, 0) is 14.3 Å².